The smallest absolute Gasteiger partial charge is 0.255 e. The second kappa shape index (κ2) is 6.57. The van der Waals surface area contributed by atoms with Gasteiger partial charge in [-0.05, 0) is 26.0 Å². The maximum Gasteiger partial charge on any atom is 0.255 e. The van der Waals surface area contributed by atoms with Gasteiger partial charge in [0, 0.05) is 6.54 Å². The van der Waals surface area contributed by atoms with Crippen LogP contribution < -0.4 is 5.32 Å². The molecule has 3 nitrogen and oxygen atoms in total. The number of hydrogen-bond donors (Lipinski definition) is 1. The van der Waals surface area contributed by atoms with Crippen molar-refractivity contribution in [3.05, 3.63) is 34.6 Å². The summed E-state index contributed by atoms with van der Waals surface area (Å²) in [4.78, 5) is 11.6. The number of hydrogen-bond acceptors (Lipinski definition) is 2. The monoisotopic (exact) mass is 259 g/mol. The fraction of sp³-hybridized carbons (Fsp3) is 0.417. The number of ether oxygens (including phenoxy) is 1. The van der Waals surface area contributed by atoms with Crippen LogP contribution in [0.1, 0.15) is 24.2 Å². The fourth-order valence-electron chi connectivity index (χ4n) is 1.26. The Morgan fingerprint density at radius 3 is 2.82 bits per heavy atom. The maximum atomic E-state index is 13.4. The van der Waals surface area contributed by atoms with Crippen molar-refractivity contribution in [1.29, 1.82) is 0 Å². The summed E-state index contributed by atoms with van der Waals surface area (Å²) in [5.41, 5.74) is -0.126. The first kappa shape index (κ1) is 13.9. The number of carbonyl (C=O) groups is 1. The minimum absolute atomic E-state index is 0.101. The number of carbonyl (C=O) groups excluding carboxylic acids is 1. The number of rotatable bonds is 5. The predicted molar refractivity (Wildman–Crippen MR) is 64.8 cm³/mol. The molecule has 0 heterocycles. The van der Waals surface area contributed by atoms with E-state index in [2.05, 4.69) is 5.32 Å². The molecule has 0 saturated carbocycles. The summed E-state index contributed by atoms with van der Waals surface area (Å²) < 4.78 is 18.6. The van der Waals surface area contributed by atoms with Gasteiger partial charge in [0.05, 0.1) is 23.3 Å². The van der Waals surface area contributed by atoms with E-state index >= 15 is 0 Å². The average Bonchev–Trinajstić information content (AvgIpc) is 2.24. The molecule has 5 heteroatoms. The van der Waals surface area contributed by atoms with Gasteiger partial charge in [0.15, 0.2) is 0 Å². The molecule has 94 valence electrons. The molecule has 1 N–H and O–H groups in total. The second-order valence-corrected chi connectivity index (χ2v) is 4.18. The first-order valence-corrected chi connectivity index (χ1v) is 5.74. The van der Waals surface area contributed by atoms with Crippen molar-refractivity contribution in [3.8, 4) is 0 Å². The third-order valence-electron chi connectivity index (χ3n) is 2.03. The fourth-order valence-corrected chi connectivity index (χ4v) is 1.51. The van der Waals surface area contributed by atoms with Crippen molar-refractivity contribution in [3.63, 3.8) is 0 Å². The molecule has 0 aromatic heterocycles. The maximum absolute atomic E-state index is 13.4. The van der Waals surface area contributed by atoms with Crippen molar-refractivity contribution in [2.45, 2.75) is 20.0 Å². The van der Waals surface area contributed by atoms with E-state index in [0.717, 1.165) is 0 Å². The van der Waals surface area contributed by atoms with Crippen molar-refractivity contribution in [2.24, 2.45) is 0 Å². The molecule has 0 spiro atoms. The zero-order chi connectivity index (χ0) is 12.8. The molecule has 0 aliphatic carbocycles. The standard InChI is InChI=1S/C12H15ClFNO2/c1-8(2)17-7-6-15-12(16)11-9(13)4-3-5-10(11)14/h3-5,8H,6-7H2,1-2H3,(H,15,16). The minimum atomic E-state index is -0.625. The van der Waals surface area contributed by atoms with Gasteiger partial charge in [-0.1, -0.05) is 17.7 Å². The van der Waals surface area contributed by atoms with E-state index in [9.17, 15) is 9.18 Å². The van der Waals surface area contributed by atoms with E-state index < -0.39 is 11.7 Å². The molecular formula is C12H15ClFNO2. The minimum Gasteiger partial charge on any atom is -0.377 e. The lowest BCUT2D eigenvalue weighted by Crippen LogP contribution is -2.29. The van der Waals surface area contributed by atoms with Gasteiger partial charge in [-0.3, -0.25) is 4.79 Å². The Labute approximate surface area is 105 Å². The molecular weight excluding hydrogens is 245 g/mol. The summed E-state index contributed by atoms with van der Waals surface area (Å²) in [6.45, 7) is 4.50. The van der Waals surface area contributed by atoms with Crippen LogP contribution in [-0.4, -0.2) is 25.2 Å². The van der Waals surface area contributed by atoms with Crippen LogP contribution in [0.2, 0.25) is 5.02 Å². The molecule has 17 heavy (non-hydrogen) atoms. The molecule has 0 saturated heterocycles. The van der Waals surface area contributed by atoms with Crippen LogP contribution >= 0.6 is 11.6 Å². The molecule has 1 amide bonds. The van der Waals surface area contributed by atoms with Crippen LogP contribution in [-0.2, 0) is 4.74 Å². The zero-order valence-corrected chi connectivity index (χ0v) is 10.6. The van der Waals surface area contributed by atoms with Crippen molar-refractivity contribution in [2.75, 3.05) is 13.2 Å². The Morgan fingerprint density at radius 1 is 1.53 bits per heavy atom. The molecule has 0 aliphatic rings. The quantitative estimate of drug-likeness (QED) is 0.826. The van der Waals surface area contributed by atoms with Gasteiger partial charge in [-0.2, -0.15) is 0 Å². The van der Waals surface area contributed by atoms with Crippen molar-refractivity contribution >= 4 is 17.5 Å². The highest BCUT2D eigenvalue weighted by Gasteiger charge is 2.14. The Morgan fingerprint density at radius 2 is 2.24 bits per heavy atom. The van der Waals surface area contributed by atoms with Crippen LogP contribution in [0.15, 0.2) is 18.2 Å². The van der Waals surface area contributed by atoms with Crippen molar-refractivity contribution in [1.82, 2.24) is 5.32 Å². The van der Waals surface area contributed by atoms with Gasteiger partial charge in [-0.15, -0.1) is 0 Å². The molecule has 0 aliphatic heterocycles. The van der Waals surface area contributed by atoms with E-state index in [0.29, 0.717) is 13.2 Å². The summed E-state index contributed by atoms with van der Waals surface area (Å²) in [5, 5.41) is 2.65. The average molecular weight is 260 g/mol. The summed E-state index contributed by atoms with van der Waals surface area (Å²) in [6, 6.07) is 4.13. The lowest BCUT2D eigenvalue weighted by Gasteiger charge is -2.09. The molecule has 0 fully saturated rings. The van der Waals surface area contributed by atoms with Gasteiger partial charge in [0.1, 0.15) is 5.82 Å². The van der Waals surface area contributed by atoms with Crippen LogP contribution in [0.25, 0.3) is 0 Å². The molecule has 1 aromatic carbocycles. The lowest BCUT2D eigenvalue weighted by molar-refractivity contribution is 0.0745. The summed E-state index contributed by atoms with van der Waals surface area (Å²) in [7, 11) is 0. The summed E-state index contributed by atoms with van der Waals surface area (Å²) >= 11 is 5.76. The largest absolute Gasteiger partial charge is 0.377 e. The molecule has 0 bridgehead atoms. The number of amides is 1. The van der Waals surface area contributed by atoms with Crippen LogP contribution in [0.3, 0.4) is 0 Å². The Bertz CT molecular complexity index is 376. The molecule has 0 radical (unpaired) electrons. The number of benzene rings is 1. The van der Waals surface area contributed by atoms with Gasteiger partial charge in [0.2, 0.25) is 0 Å². The van der Waals surface area contributed by atoms with E-state index in [1.54, 1.807) is 0 Å². The highest BCUT2D eigenvalue weighted by Crippen LogP contribution is 2.18. The van der Waals surface area contributed by atoms with E-state index in [4.69, 9.17) is 16.3 Å². The molecule has 0 unspecified atom stereocenters. The number of halogens is 2. The predicted octanol–water partition coefficient (Wildman–Crippen LogP) is 2.63. The third-order valence-corrected chi connectivity index (χ3v) is 2.34. The van der Waals surface area contributed by atoms with E-state index in [1.807, 2.05) is 13.8 Å². The topological polar surface area (TPSA) is 38.3 Å². The second-order valence-electron chi connectivity index (χ2n) is 3.77. The Balaban J connectivity index is 2.53. The highest BCUT2D eigenvalue weighted by atomic mass is 35.5. The van der Waals surface area contributed by atoms with Gasteiger partial charge < -0.3 is 10.1 Å². The van der Waals surface area contributed by atoms with Crippen LogP contribution in [0, 0.1) is 5.82 Å². The van der Waals surface area contributed by atoms with E-state index in [-0.39, 0.29) is 16.7 Å². The van der Waals surface area contributed by atoms with Crippen molar-refractivity contribution < 1.29 is 13.9 Å². The highest BCUT2D eigenvalue weighted by molar-refractivity contribution is 6.33. The van der Waals surface area contributed by atoms with E-state index in [1.165, 1.54) is 18.2 Å². The first-order valence-electron chi connectivity index (χ1n) is 5.36. The SMILES string of the molecule is CC(C)OCCNC(=O)c1c(F)cccc1Cl. The zero-order valence-electron chi connectivity index (χ0n) is 9.80. The molecule has 1 rings (SSSR count). The Kier molecular flexibility index (Phi) is 5.38. The first-order chi connectivity index (χ1) is 8.02. The normalized spacial score (nSPS) is 10.6. The molecule has 0 atom stereocenters. The number of nitrogens with one attached hydrogen (secondary N) is 1. The third kappa shape index (κ3) is 4.32. The van der Waals surface area contributed by atoms with Gasteiger partial charge >= 0.3 is 0 Å². The van der Waals surface area contributed by atoms with Gasteiger partial charge in [0.25, 0.3) is 5.91 Å². The lowest BCUT2D eigenvalue weighted by atomic mass is 10.2. The van der Waals surface area contributed by atoms with Gasteiger partial charge in [-0.25, -0.2) is 4.39 Å². The Hall–Kier alpha value is -1.13. The molecule has 1 aromatic rings. The summed E-state index contributed by atoms with van der Waals surface area (Å²) in [6.07, 6.45) is 0.101. The van der Waals surface area contributed by atoms with Crippen LogP contribution in [0.4, 0.5) is 4.39 Å². The van der Waals surface area contributed by atoms with Crippen LogP contribution in [0.5, 0.6) is 0 Å². The summed E-state index contributed by atoms with van der Waals surface area (Å²) in [5.74, 6) is -1.15.